The number of aromatic amines is 1. The van der Waals surface area contributed by atoms with Gasteiger partial charge in [-0.15, -0.1) is 0 Å². The standard InChI is InChI=1S/C14H11N5OS/c20-12-3-1-2-10(8-12)9-16-19-13(17-18-14(19)21)11-4-6-15-7-5-11/h1-9,20H,(H,18,21)/b16-9-. The number of pyridine rings is 1. The van der Waals surface area contributed by atoms with Crippen molar-refractivity contribution in [2.75, 3.05) is 0 Å². The molecule has 0 amide bonds. The SMILES string of the molecule is Oc1cccc(/C=N\n2c(-c3ccncc3)n[nH]c2=S)c1. The second kappa shape index (κ2) is 5.68. The number of phenols is 1. The lowest BCUT2D eigenvalue weighted by Crippen LogP contribution is -1.95. The molecule has 1 aromatic carbocycles. The summed E-state index contributed by atoms with van der Waals surface area (Å²) in [5.74, 6) is 0.780. The fraction of sp³-hybridized carbons (Fsp3) is 0. The van der Waals surface area contributed by atoms with Crippen LogP contribution >= 0.6 is 12.2 Å². The average Bonchev–Trinajstić information content (AvgIpc) is 2.87. The molecule has 3 aromatic rings. The number of nitrogens with zero attached hydrogens (tertiary/aromatic N) is 4. The van der Waals surface area contributed by atoms with Crippen molar-refractivity contribution in [1.29, 1.82) is 0 Å². The summed E-state index contributed by atoms with van der Waals surface area (Å²) in [5.41, 5.74) is 1.61. The second-order valence-corrected chi connectivity index (χ2v) is 4.63. The van der Waals surface area contributed by atoms with Gasteiger partial charge in [0.05, 0.1) is 6.21 Å². The molecule has 6 nitrogen and oxygen atoms in total. The molecule has 104 valence electrons. The van der Waals surface area contributed by atoms with Crippen LogP contribution < -0.4 is 0 Å². The third-order valence-corrected chi connectivity index (χ3v) is 3.05. The Balaban J connectivity index is 2.00. The number of benzene rings is 1. The summed E-state index contributed by atoms with van der Waals surface area (Å²) in [6, 6.07) is 10.4. The molecule has 7 heteroatoms. The lowest BCUT2D eigenvalue weighted by molar-refractivity contribution is 0.475. The van der Waals surface area contributed by atoms with Crippen LogP contribution in [0.15, 0.2) is 53.9 Å². The van der Waals surface area contributed by atoms with E-state index in [1.54, 1.807) is 36.8 Å². The average molecular weight is 297 g/mol. The van der Waals surface area contributed by atoms with Crippen LogP contribution in [0.1, 0.15) is 5.56 Å². The van der Waals surface area contributed by atoms with Gasteiger partial charge in [-0.1, -0.05) is 12.1 Å². The molecule has 0 atom stereocenters. The molecule has 0 bridgehead atoms. The second-order valence-electron chi connectivity index (χ2n) is 4.24. The molecular weight excluding hydrogens is 286 g/mol. The van der Waals surface area contributed by atoms with Gasteiger partial charge in [0.15, 0.2) is 5.82 Å². The van der Waals surface area contributed by atoms with Crippen LogP contribution in [-0.4, -0.2) is 31.2 Å². The van der Waals surface area contributed by atoms with Crippen LogP contribution in [0.25, 0.3) is 11.4 Å². The zero-order chi connectivity index (χ0) is 14.7. The molecule has 0 saturated carbocycles. The number of rotatable bonds is 3. The number of phenolic OH excluding ortho intramolecular Hbond substituents is 1. The van der Waals surface area contributed by atoms with E-state index < -0.39 is 0 Å². The predicted octanol–water partition coefficient (Wildman–Crippen LogP) is 2.59. The van der Waals surface area contributed by atoms with Gasteiger partial charge in [0.25, 0.3) is 0 Å². The first-order valence-electron chi connectivity index (χ1n) is 6.15. The summed E-state index contributed by atoms with van der Waals surface area (Å²) in [6.07, 6.45) is 4.96. The molecule has 3 rings (SSSR count). The smallest absolute Gasteiger partial charge is 0.216 e. The Kier molecular flexibility index (Phi) is 3.57. The summed E-state index contributed by atoms with van der Waals surface area (Å²) in [6.45, 7) is 0. The van der Waals surface area contributed by atoms with E-state index in [0.29, 0.717) is 10.6 Å². The number of hydrogen-bond donors (Lipinski definition) is 2. The summed E-state index contributed by atoms with van der Waals surface area (Å²) in [4.78, 5) is 3.97. The van der Waals surface area contributed by atoms with E-state index in [1.807, 2.05) is 18.2 Å². The van der Waals surface area contributed by atoms with Crippen LogP contribution in [0.5, 0.6) is 5.75 Å². The largest absolute Gasteiger partial charge is 0.508 e. The van der Waals surface area contributed by atoms with Gasteiger partial charge in [-0.2, -0.15) is 14.9 Å². The molecule has 2 aromatic heterocycles. The van der Waals surface area contributed by atoms with Gasteiger partial charge in [-0.3, -0.25) is 4.98 Å². The summed E-state index contributed by atoms with van der Waals surface area (Å²) < 4.78 is 1.91. The van der Waals surface area contributed by atoms with Crippen molar-refractivity contribution in [2.45, 2.75) is 0 Å². The van der Waals surface area contributed by atoms with Crippen LogP contribution in [0, 0.1) is 4.77 Å². The van der Waals surface area contributed by atoms with Gasteiger partial charge >= 0.3 is 0 Å². The van der Waals surface area contributed by atoms with E-state index in [1.165, 1.54) is 4.68 Å². The van der Waals surface area contributed by atoms with Crippen molar-refractivity contribution < 1.29 is 5.11 Å². The van der Waals surface area contributed by atoms with Crippen LogP contribution in [0.2, 0.25) is 0 Å². The third kappa shape index (κ3) is 2.87. The monoisotopic (exact) mass is 297 g/mol. The fourth-order valence-corrected chi connectivity index (χ4v) is 2.00. The highest BCUT2D eigenvalue weighted by atomic mass is 32.1. The number of aromatic hydroxyl groups is 1. The Morgan fingerprint density at radius 3 is 2.81 bits per heavy atom. The zero-order valence-electron chi connectivity index (χ0n) is 10.8. The maximum absolute atomic E-state index is 9.44. The highest BCUT2D eigenvalue weighted by molar-refractivity contribution is 7.71. The van der Waals surface area contributed by atoms with Gasteiger partial charge in [0.1, 0.15) is 5.75 Å². The molecule has 0 aliphatic rings. The Labute approximate surface area is 125 Å². The maximum atomic E-state index is 9.44. The minimum absolute atomic E-state index is 0.184. The molecular formula is C14H11N5OS. The van der Waals surface area contributed by atoms with Gasteiger partial charge in [0.2, 0.25) is 4.77 Å². The maximum Gasteiger partial charge on any atom is 0.216 e. The zero-order valence-corrected chi connectivity index (χ0v) is 11.7. The van der Waals surface area contributed by atoms with E-state index in [-0.39, 0.29) is 5.75 Å². The first kappa shape index (κ1) is 13.2. The molecule has 0 aliphatic carbocycles. The Hall–Kier alpha value is -2.80. The quantitative estimate of drug-likeness (QED) is 0.575. The number of H-pyrrole nitrogens is 1. The fourth-order valence-electron chi connectivity index (χ4n) is 1.82. The highest BCUT2D eigenvalue weighted by Crippen LogP contribution is 2.16. The van der Waals surface area contributed by atoms with E-state index in [9.17, 15) is 5.11 Å². The molecule has 2 heterocycles. The lowest BCUT2D eigenvalue weighted by Gasteiger charge is -2.00. The Morgan fingerprint density at radius 1 is 1.24 bits per heavy atom. The Bertz CT molecular complexity index is 838. The van der Waals surface area contributed by atoms with Crippen LogP contribution in [-0.2, 0) is 0 Å². The Morgan fingerprint density at radius 2 is 2.05 bits per heavy atom. The van der Waals surface area contributed by atoms with E-state index >= 15 is 0 Å². The van der Waals surface area contributed by atoms with E-state index in [2.05, 4.69) is 20.3 Å². The van der Waals surface area contributed by atoms with Crippen molar-refractivity contribution >= 4 is 18.4 Å². The topological polar surface area (TPSA) is 79.1 Å². The summed E-state index contributed by atoms with van der Waals surface area (Å²) >= 11 is 5.18. The van der Waals surface area contributed by atoms with Crippen molar-refractivity contribution in [3.8, 4) is 17.1 Å². The molecule has 0 unspecified atom stereocenters. The predicted molar refractivity (Wildman–Crippen MR) is 81.7 cm³/mol. The first-order valence-corrected chi connectivity index (χ1v) is 6.56. The lowest BCUT2D eigenvalue weighted by atomic mass is 10.2. The van der Waals surface area contributed by atoms with Gasteiger partial charge in [-0.25, -0.2) is 5.10 Å². The molecule has 0 aliphatic heterocycles. The molecule has 0 spiro atoms. The summed E-state index contributed by atoms with van der Waals surface area (Å²) in [7, 11) is 0. The van der Waals surface area contributed by atoms with Gasteiger partial charge < -0.3 is 5.11 Å². The minimum atomic E-state index is 0.184. The molecule has 0 saturated heterocycles. The number of hydrogen-bond acceptors (Lipinski definition) is 5. The third-order valence-electron chi connectivity index (χ3n) is 2.78. The van der Waals surface area contributed by atoms with Crippen LogP contribution in [0.4, 0.5) is 0 Å². The van der Waals surface area contributed by atoms with Gasteiger partial charge in [0, 0.05) is 18.0 Å². The normalized spacial score (nSPS) is 11.0. The van der Waals surface area contributed by atoms with Crippen molar-refractivity contribution in [1.82, 2.24) is 19.9 Å². The van der Waals surface area contributed by atoms with Crippen molar-refractivity contribution in [2.24, 2.45) is 5.10 Å². The molecule has 0 radical (unpaired) electrons. The van der Waals surface area contributed by atoms with Crippen molar-refractivity contribution in [3.05, 3.63) is 59.1 Å². The number of nitrogens with one attached hydrogen (secondary N) is 1. The minimum Gasteiger partial charge on any atom is -0.508 e. The molecule has 2 N–H and O–H groups in total. The van der Waals surface area contributed by atoms with E-state index in [4.69, 9.17) is 12.2 Å². The van der Waals surface area contributed by atoms with Gasteiger partial charge in [-0.05, 0) is 42.0 Å². The summed E-state index contributed by atoms with van der Waals surface area (Å²) in [5, 5.41) is 20.6. The highest BCUT2D eigenvalue weighted by Gasteiger charge is 2.07. The molecule has 0 fully saturated rings. The van der Waals surface area contributed by atoms with Crippen molar-refractivity contribution in [3.63, 3.8) is 0 Å². The van der Waals surface area contributed by atoms with E-state index in [0.717, 1.165) is 11.1 Å². The van der Waals surface area contributed by atoms with Crippen LogP contribution in [0.3, 0.4) is 0 Å². The molecule has 21 heavy (non-hydrogen) atoms. The number of aromatic nitrogens is 4. The first-order chi connectivity index (χ1) is 10.2.